The molecule has 0 saturated carbocycles. The van der Waals surface area contributed by atoms with Crippen LogP contribution in [0.2, 0.25) is 0 Å². The second-order valence-corrected chi connectivity index (χ2v) is 4.78. The largest absolute Gasteiger partial charge is 0.573 e. The van der Waals surface area contributed by atoms with E-state index in [2.05, 4.69) is 9.72 Å². The average molecular weight is 338 g/mol. The first kappa shape index (κ1) is 15.6. The molecule has 7 nitrogen and oxygen atoms in total. The highest BCUT2D eigenvalue weighted by Gasteiger charge is 2.31. The summed E-state index contributed by atoms with van der Waals surface area (Å²) in [6.45, 7) is 0. The summed E-state index contributed by atoms with van der Waals surface area (Å²) in [4.78, 5) is 14.3. The number of anilines is 1. The van der Waals surface area contributed by atoms with E-state index in [9.17, 15) is 23.3 Å². The zero-order chi connectivity index (χ0) is 17.5. The normalized spacial score (nSPS) is 11.6. The number of nitro groups is 1. The van der Waals surface area contributed by atoms with Crippen LogP contribution in [-0.2, 0) is 0 Å². The SMILES string of the molecule is Nc1c([N+](=O)[O-])ccc2c1ncn2-c1ccc(OC(F)(F)F)cc1. The van der Waals surface area contributed by atoms with Crippen LogP contribution in [0.1, 0.15) is 0 Å². The van der Waals surface area contributed by atoms with Gasteiger partial charge in [0, 0.05) is 11.8 Å². The van der Waals surface area contributed by atoms with Crippen LogP contribution in [0, 0.1) is 10.1 Å². The summed E-state index contributed by atoms with van der Waals surface area (Å²) in [6.07, 6.45) is -3.39. The van der Waals surface area contributed by atoms with E-state index >= 15 is 0 Å². The predicted molar refractivity (Wildman–Crippen MR) is 78.8 cm³/mol. The Hall–Kier alpha value is -3.30. The van der Waals surface area contributed by atoms with Gasteiger partial charge in [-0.2, -0.15) is 0 Å². The van der Waals surface area contributed by atoms with E-state index in [4.69, 9.17) is 5.73 Å². The van der Waals surface area contributed by atoms with Crippen LogP contribution >= 0.6 is 0 Å². The van der Waals surface area contributed by atoms with Crippen LogP contribution in [0.4, 0.5) is 24.5 Å². The second-order valence-electron chi connectivity index (χ2n) is 4.78. The number of imidazole rings is 1. The van der Waals surface area contributed by atoms with Crippen LogP contribution < -0.4 is 10.5 Å². The quantitative estimate of drug-likeness (QED) is 0.448. The molecule has 0 spiro atoms. The van der Waals surface area contributed by atoms with Crippen molar-refractivity contribution < 1.29 is 22.8 Å². The van der Waals surface area contributed by atoms with Gasteiger partial charge < -0.3 is 10.5 Å². The lowest BCUT2D eigenvalue weighted by atomic mass is 10.2. The number of benzene rings is 2. The van der Waals surface area contributed by atoms with Gasteiger partial charge in [0.15, 0.2) is 0 Å². The van der Waals surface area contributed by atoms with Crippen molar-refractivity contribution in [2.45, 2.75) is 6.36 Å². The minimum absolute atomic E-state index is 0.0757. The monoisotopic (exact) mass is 338 g/mol. The standard InChI is InChI=1S/C14H9F3N4O3/c15-14(16,17)24-9-3-1-8(2-4-9)20-7-19-13-11(20)6-5-10(12(13)18)21(22)23/h1-7H,18H2. The molecule has 0 bridgehead atoms. The minimum Gasteiger partial charge on any atom is -0.406 e. The van der Waals surface area contributed by atoms with Crippen LogP contribution in [0.25, 0.3) is 16.7 Å². The van der Waals surface area contributed by atoms with Gasteiger partial charge in [-0.3, -0.25) is 14.7 Å². The Labute approximate surface area is 132 Å². The topological polar surface area (TPSA) is 96.2 Å². The van der Waals surface area contributed by atoms with E-state index in [0.29, 0.717) is 11.2 Å². The number of nitrogens with two attached hydrogens (primary N) is 1. The molecule has 0 radical (unpaired) electrons. The fraction of sp³-hybridized carbons (Fsp3) is 0.0714. The van der Waals surface area contributed by atoms with Crippen molar-refractivity contribution in [2.24, 2.45) is 0 Å². The third-order valence-corrected chi connectivity index (χ3v) is 3.28. The number of rotatable bonds is 3. The van der Waals surface area contributed by atoms with E-state index in [1.807, 2.05) is 0 Å². The maximum Gasteiger partial charge on any atom is 0.573 e. The van der Waals surface area contributed by atoms with Crippen LogP contribution in [-0.4, -0.2) is 20.8 Å². The van der Waals surface area contributed by atoms with Crippen molar-refractivity contribution in [3.05, 3.63) is 52.8 Å². The molecule has 0 fully saturated rings. The highest BCUT2D eigenvalue weighted by Crippen LogP contribution is 2.31. The van der Waals surface area contributed by atoms with Crippen molar-refractivity contribution >= 4 is 22.4 Å². The number of aromatic nitrogens is 2. The van der Waals surface area contributed by atoms with Gasteiger partial charge in [0.1, 0.15) is 23.3 Å². The molecule has 3 aromatic rings. The molecule has 0 aliphatic heterocycles. The highest BCUT2D eigenvalue weighted by atomic mass is 19.4. The summed E-state index contributed by atoms with van der Waals surface area (Å²) in [6, 6.07) is 7.83. The first-order valence-electron chi connectivity index (χ1n) is 6.52. The summed E-state index contributed by atoms with van der Waals surface area (Å²) >= 11 is 0. The molecule has 124 valence electrons. The van der Waals surface area contributed by atoms with Gasteiger partial charge in [0.25, 0.3) is 5.69 Å². The molecule has 0 amide bonds. The summed E-state index contributed by atoms with van der Waals surface area (Å²) in [5, 5.41) is 10.9. The highest BCUT2D eigenvalue weighted by molar-refractivity contribution is 5.93. The molecular formula is C14H9F3N4O3. The molecule has 1 heterocycles. The number of nitrogens with zero attached hydrogens (tertiary/aromatic N) is 3. The van der Waals surface area contributed by atoms with Gasteiger partial charge in [-0.25, -0.2) is 4.98 Å². The van der Waals surface area contributed by atoms with Gasteiger partial charge in [-0.1, -0.05) is 0 Å². The van der Waals surface area contributed by atoms with Crippen LogP contribution in [0.15, 0.2) is 42.7 Å². The van der Waals surface area contributed by atoms with Gasteiger partial charge in [0.2, 0.25) is 0 Å². The third kappa shape index (κ3) is 2.81. The van der Waals surface area contributed by atoms with Crippen LogP contribution in [0.3, 0.4) is 0 Å². The predicted octanol–water partition coefficient (Wildman–Crippen LogP) is 3.41. The Bertz CT molecular complexity index is 919. The Morgan fingerprint density at radius 1 is 1.17 bits per heavy atom. The molecule has 0 atom stereocenters. The van der Waals surface area contributed by atoms with Crippen molar-refractivity contribution in [2.75, 3.05) is 5.73 Å². The molecule has 0 unspecified atom stereocenters. The number of hydrogen-bond acceptors (Lipinski definition) is 5. The zero-order valence-corrected chi connectivity index (χ0v) is 11.8. The first-order valence-corrected chi connectivity index (χ1v) is 6.52. The Balaban J connectivity index is 2.01. The van der Waals surface area contributed by atoms with Crippen molar-refractivity contribution in [3.63, 3.8) is 0 Å². The molecule has 0 aliphatic rings. The molecule has 24 heavy (non-hydrogen) atoms. The van der Waals surface area contributed by atoms with E-state index in [-0.39, 0.29) is 22.6 Å². The zero-order valence-electron chi connectivity index (χ0n) is 11.8. The number of nitro benzene ring substituents is 1. The average Bonchev–Trinajstić information content (AvgIpc) is 2.91. The van der Waals surface area contributed by atoms with Crippen LogP contribution in [0.5, 0.6) is 5.75 Å². The first-order chi connectivity index (χ1) is 11.3. The van der Waals surface area contributed by atoms with E-state index in [1.165, 1.54) is 30.6 Å². The summed E-state index contributed by atoms with van der Waals surface area (Å²) < 4.78 is 41.8. The summed E-state index contributed by atoms with van der Waals surface area (Å²) in [5.74, 6) is -0.356. The molecule has 3 rings (SSSR count). The van der Waals surface area contributed by atoms with Gasteiger partial charge in [-0.05, 0) is 30.3 Å². The van der Waals surface area contributed by atoms with Crippen molar-refractivity contribution in [3.8, 4) is 11.4 Å². The van der Waals surface area contributed by atoms with Crippen molar-refractivity contribution in [1.29, 1.82) is 0 Å². The van der Waals surface area contributed by atoms with E-state index < -0.39 is 11.3 Å². The van der Waals surface area contributed by atoms with E-state index in [0.717, 1.165) is 12.1 Å². The molecular weight excluding hydrogens is 329 g/mol. The number of hydrogen-bond donors (Lipinski definition) is 1. The third-order valence-electron chi connectivity index (χ3n) is 3.28. The lowest BCUT2D eigenvalue weighted by molar-refractivity contribution is -0.383. The van der Waals surface area contributed by atoms with Gasteiger partial charge in [0.05, 0.1) is 10.4 Å². The minimum atomic E-state index is -4.77. The molecule has 1 aromatic heterocycles. The fourth-order valence-corrected chi connectivity index (χ4v) is 2.27. The van der Waals surface area contributed by atoms with Crippen molar-refractivity contribution in [1.82, 2.24) is 9.55 Å². The fourth-order valence-electron chi connectivity index (χ4n) is 2.27. The molecule has 2 aromatic carbocycles. The Morgan fingerprint density at radius 3 is 2.42 bits per heavy atom. The lowest BCUT2D eigenvalue weighted by Gasteiger charge is -2.10. The summed E-state index contributed by atoms with van der Waals surface area (Å²) in [7, 11) is 0. The number of halogens is 3. The van der Waals surface area contributed by atoms with Gasteiger partial charge in [-0.15, -0.1) is 13.2 Å². The van der Waals surface area contributed by atoms with Gasteiger partial charge >= 0.3 is 6.36 Å². The van der Waals surface area contributed by atoms with E-state index in [1.54, 1.807) is 4.57 Å². The maximum absolute atomic E-state index is 12.2. The Morgan fingerprint density at radius 2 is 1.83 bits per heavy atom. The molecule has 0 aliphatic carbocycles. The lowest BCUT2D eigenvalue weighted by Crippen LogP contribution is -2.17. The number of alkyl halides is 3. The Kier molecular flexibility index (Phi) is 3.51. The smallest absolute Gasteiger partial charge is 0.406 e. The number of nitrogen functional groups attached to an aromatic ring is 1. The number of fused-ring (bicyclic) bond motifs is 1. The molecule has 0 saturated heterocycles. The maximum atomic E-state index is 12.2. The number of ether oxygens (including phenoxy) is 1. The molecule has 2 N–H and O–H groups in total. The second kappa shape index (κ2) is 5.41. The molecule has 10 heteroatoms. The summed E-state index contributed by atoms with van der Waals surface area (Å²) in [5.41, 5.74) is 6.63.